The summed E-state index contributed by atoms with van der Waals surface area (Å²) < 4.78 is 0. The van der Waals surface area contributed by atoms with Gasteiger partial charge < -0.3 is 0 Å². The van der Waals surface area contributed by atoms with Crippen molar-refractivity contribution in [3.05, 3.63) is 0 Å². The monoisotopic (exact) mass is 197 g/mol. The molecule has 1 aliphatic rings. The number of hydrogen-bond donors (Lipinski definition) is 2. The summed E-state index contributed by atoms with van der Waals surface area (Å²) in [7, 11) is -0.778. The highest BCUT2D eigenvalue weighted by Crippen LogP contribution is 2.23. The Labute approximate surface area is 76.8 Å². The number of nitrogens with one attached hydrogen (secondary N) is 2. The quantitative estimate of drug-likeness (QED) is 0.596. The zero-order valence-corrected chi connectivity index (χ0v) is 8.35. The van der Waals surface area contributed by atoms with E-state index >= 15 is 0 Å². The van der Waals surface area contributed by atoms with E-state index in [1.165, 1.54) is 6.92 Å². The second-order valence-corrected chi connectivity index (χ2v) is 4.50. The Morgan fingerprint density at radius 3 is 2.38 bits per heavy atom. The van der Waals surface area contributed by atoms with Crippen molar-refractivity contribution >= 4 is 36.8 Å². The second kappa shape index (κ2) is 3.18. The highest BCUT2D eigenvalue weighted by atomic mass is 31.1. The van der Waals surface area contributed by atoms with E-state index in [1.807, 2.05) is 6.66 Å². The fraction of sp³-hybridized carbons (Fsp3) is 0.286. The number of amidine groups is 1. The molecule has 0 radical (unpaired) electrons. The molecule has 0 aliphatic carbocycles. The minimum atomic E-state index is -0.778. The summed E-state index contributed by atoms with van der Waals surface area (Å²) in [4.78, 5) is 10.9. The van der Waals surface area contributed by atoms with Gasteiger partial charge in [-0.25, -0.2) is 0 Å². The molecular weight excluding hydrogens is 187 g/mol. The van der Waals surface area contributed by atoms with Gasteiger partial charge in [-0.15, -0.1) is 5.10 Å². The van der Waals surface area contributed by atoms with Gasteiger partial charge in [0, 0.05) is 6.92 Å². The van der Waals surface area contributed by atoms with Crippen molar-refractivity contribution in [3.63, 3.8) is 0 Å². The third kappa shape index (κ3) is 1.55. The Hall–Kier alpha value is -1.35. The summed E-state index contributed by atoms with van der Waals surface area (Å²) >= 11 is 0. The number of hydrazone groups is 1. The van der Waals surface area contributed by atoms with Crippen LogP contribution < -0.4 is 0 Å². The van der Waals surface area contributed by atoms with Crippen LogP contribution in [-0.2, 0) is 4.79 Å². The molecule has 0 aromatic rings. The number of hydrogen-bond acceptors (Lipinski definition) is 4. The van der Waals surface area contributed by atoms with Crippen LogP contribution in [0.3, 0.4) is 0 Å². The minimum absolute atomic E-state index is 0.0128. The fourth-order valence-corrected chi connectivity index (χ4v) is 1.63. The van der Waals surface area contributed by atoms with Gasteiger partial charge in [0.15, 0.2) is 11.5 Å². The summed E-state index contributed by atoms with van der Waals surface area (Å²) in [6.07, 6.45) is 3.76. The van der Waals surface area contributed by atoms with E-state index in [0.717, 1.165) is 5.01 Å². The maximum atomic E-state index is 10.9. The van der Waals surface area contributed by atoms with Crippen LogP contribution >= 0.6 is 7.55 Å². The topological polar surface area (TPSA) is 80.4 Å². The lowest BCUT2D eigenvalue weighted by Crippen LogP contribution is -2.29. The van der Waals surface area contributed by atoms with Crippen molar-refractivity contribution in [1.82, 2.24) is 5.01 Å². The van der Waals surface area contributed by atoms with Crippen molar-refractivity contribution in [2.45, 2.75) is 6.92 Å². The van der Waals surface area contributed by atoms with Gasteiger partial charge >= 0.3 is 0 Å². The summed E-state index contributed by atoms with van der Waals surface area (Å²) in [6, 6.07) is 0. The van der Waals surface area contributed by atoms with Crippen molar-refractivity contribution in [3.8, 4) is 0 Å². The summed E-state index contributed by atoms with van der Waals surface area (Å²) in [6.45, 7) is 3.15. The molecule has 5 nitrogen and oxygen atoms in total. The molecule has 1 unspecified atom stereocenters. The van der Waals surface area contributed by atoms with Crippen LogP contribution in [0.25, 0.3) is 0 Å². The van der Waals surface area contributed by atoms with E-state index in [1.54, 1.807) is 0 Å². The fourth-order valence-electron chi connectivity index (χ4n) is 0.902. The largest absolute Gasteiger partial charge is 0.292 e. The van der Waals surface area contributed by atoms with Crippen LogP contribution in [0.15, 0.2) is 5.10 Å². The van der Waals surface area contributed by atoms with Crippen LogP contribution in [0.4, 0.5) is 0 Å². The lowest BCUT2D eigenvalue weighted by Gasteiger charge is -2.05. The normalized spacial score (nSPS) is 17.5. The number of amides is 1. The number of carbonyl (C=O) groups is 1. The second-order valence-electron chi connectivity index (χ2n) is 2.68. The van der Waals surface area contributed by atoms with Gasteiger partial charge in [-0.2, -0.15) is 5.01 Å². The molecule has 0 aromatic heterocycles. The molecule has 1 rings (SSSR count). The Bertz CT molecular complexity index is 358. The maximum Gasteiger partial charge on any atom is 0.283 e. The van der Waals surface area contributed by atoms with E-state index < -0.39 is 7.55 Å². The first-order valence-electron chi connectivity index (χ1n) is 3.56. The van der Waals surface area contributed by atoms with Crippen molar-refractivity contribution in [1.29, 1.82) is 10.8 Å². The van der Waals surface area contributed by atoms with Crippen molar-refractivity contribution in [2.24, 2.45) is 5.10 Å². The Kier molecular flexibility index (Phi) is 2.38. The van der Waals surface area contributed by atoms with Crippen molar-refractivity contribution in [2.75, 3.05) is 6.66 Å². The molecule has 0 saturated heterocycles. The van der Waals surface area contributed by atoms with E-state index in [2.05, 4.69) is 11.4 Å². The van der Waals surface area contributed by atoms with Crippen LogP contribution in [0.5, 0.6) is 0 Å². The SMILES string of the molecule is C=[P+](C)C1=NN(C(C)=O)C(=N)C1=N. The Morgan fingerprint density at radius 1 is 1.62 bits per heavy atom. The first kappa shape index (κ1) is 9.74. The predicted molar refractivity (Wildman–Crippen MR) is 55.4 cm³/mol. The average molecular weight is 197 g/mol. The molecule has 13 heavy (non-hydrogen) atoms. The van der Waals surface area contributed by atoms with E-state index in [4.69, 9.17) is 10.8 Å². The third-order valence-corrected chi connectivity index (χ3v) is 2.56. The standard InChI is InChI=1S/C7H10N4OP/c1-4(12)11-6(9)5(8)7(10-11)13(2)3/h8-9H,2H2,1,3H3/q+1. The molecule has 6 heteroatoms. The number of carbonyl (C=O) groups excluding carboxylic acids is 1. The zero-order chi connectivity index (χ0) is 10.2. The van der Waals surface area contributed by atoms with Gasteiger partial charge in [0.2, 0.25) is 5.91 Å². The molecule has 2 N–H and O–H groups in total. The van der Waals surface area contributed by atoms with Gasteiger partial charge in [0.05, 0.1) is 6.30 Å². The van der Waals surface area contributed by atoms with E-state index in [0.29, 0.717) is 5.45 Å². The zero-order valence-electron chi connectivity index (χ0n) is 7.46. The minimum Gasteiger partial charge on any atom is -0.292 e. The number of nitrogens with zero attached hydrogens (tertiary/aromatic N) is 2. The van der Waals surface area contributed by atoms with Crippen LogP contribution in [-0.4, -0.2) is 40.9 Å². The highest BCUT2D eigenvalue weighted by Gasteiger charge is 2.35. The molecule has 0 fully saturated rings. The molecule has 1 heterocycles. The summed E-state index contributed by atoms with van der Waals surface area (Å²) in [5.41, 5.74) is 0.467. The molecule has 0 bridgehead atoms. The highest BCUT2D eigenvalue weighted by molar-refractivity contribution is 7.76. The molecule has 0 aromatic carbocycles. The van der Waals surface area contributed by atoms with Gasteiger partial charge in [-0.05, 0) is 0 Å². The van der Waals surface area contributed by atoms with Crippen molar-refractivity contribution < 1.29 is 4.79 Å². The van der Waals surface area contributed by atoms with Crippen LogP contribution in [0.1, 0.15) is 6.92 Å². The predicted octanol–water partition coefficient (Wildman–Crippen LogP) is 0.703. The molecule has 1 aliphatic heterocycles. The van der Waals surface area contributed by atoms with Crippen LogP contribution in [0.2, 0.25) is 0 Å². The lowest BCUT2D eigenvalue weighted by molar-refractivity contribution is -0.124. The van der Waals surface area contributed by atoms with Gasteiger partial charge in [-0.3, -0.25) is 15.6 Å². The Morgan fingerprint density at radius 2 is 2.15 bits per heavy atom. The third-order valence-electron chi connectivity index (χ3n) is 1.53. The van der Waals surface area contributed by atoms with Gasteiger partial charge in [0.1, 0.15) is 14.2 Å². The lowest BCUT2D eigenvalue weighted by atomic mass is 10.4. The molecule has 1 amide bonds. The molecule has 0 saturated carbocycles. The average Bonchev–Trinajstić information content (AvgIpc) is 2.29. The molecular formula is C7H10N4OP+. The van der Waals surface area contributed by atoms with E-state index in [9.17, 15) is 4.79 Å². The molecule has 0 spiro atoms. The molecule has 68 valence electrons. The summed E-state index contributed by atoms with van der Waals surface area (Å²) in [5, 5.41) is 19.7. The van der Waals surface area contributed by atoms with Gasteiger partial charge in [-0.1, -0.05) is 0 Å². The van der Waals surface area contributed by atoms with Gasteiger partial charge in [0.25, 0.3) is 5.45 Å². The smallest absolute Gasteiger partial charge is 0.283 e. The first-order chi connectivity index (χ1) is 5.95. The Balaban J connectivity index is 3.09. The van der Waals surface area contributed by atoms with Crippen LogP contribution in [0, 0.1) is 10.8 Å². The summed E-state index contributed by atoms with van der Waals surface area (Å²) in [5.74, 6) is -0.498. The maximum absolute atomic E-state index is 10.9. The van der Waals surface area contributed by atoms with E-state index in [-0.39, 0.29) is 17.5 Å². The number of rotatable bonds is 1. The first-order valence-corrected chi connectivity index (χ1v) is 5.54. The molecule has 1 atom stereocenters.